The van der Waals surface area contributed by atoms with Crippen molar-refractivity contribution in [1.29, 1.82) is 0 Å². The molecule has 0 aliphatic carbocycles. The van der Waals surface area contributed by atoms with E-state index in [1.807, 2.05) is 30.3 Å². The van der Waals surface area contributed by atoms with Gasteiger partial charge in [0.1, 0.15) is 0 Å². The molecule has 3 N–H and O–H groups in total. The molecule has 3 nitrogen and oxygen atoms in total. The predicted octanol–water partition coefficient (Wildman–Crippen LogP) is 3.05. The normalized spacial score (nSPS) is 12.4. The standard InChI is InChI=1S/C12H11BrClN3/c13-10-4-9(5-11(14)6-10)12(17-15)8-2-1-3-16-7-8/h1-7,12,17H,15H2. The van der Waals surface area contributed by atoms with E-state index >= 15 is 0 Å². The molecule has 88 valence electrons. The summed E-state index contributed by atoms with van der Waals surface area (Å²) in [5, 5.41) is 0.665. The van der Waals surface area contributed by atoms with Gasteiger partial charge < -0.3 is 0 Å². The smallest absolute Gasteiger partial charge is 0.0725 e. The van der Waals surface area contributed by atoms with Crippen molar-refractivity contribution in [2.75, 3.05) is 0 Å². The van der Waals surface area contributed by atoms with Crippen LogP contribution in [0, 0.1) is 0 Å². The van der Waals surface area contributed by atoms with Gasteiger partial charge in [-0.1, -0.05) is 33.6 Å². The van der Waals surface area contributed by atoms with Crippen molar-refractivity contribution in [1.82, 2.24) is 10.4 Å². The molecule has 0 aliphatic rings. The summed E-state index contributed by atoms with van der Waals surface area (Å²) in [6.07, 6.45) is 3.50. The molecular weight excluding hydrogens is 302 g/mol. The van der Waals surface area contributed by atoms with Crippen LogP contribution in [0.15, 0.2) is 47.2 Å². The van der Waals surface area contributed by atoms with E-state index in [9.17, 15) is 0 Å². The molecule has 0 fully saturated rings. The highest BCUT2D eigenvalue weighted by atomic mass is 79.9. The van der Waals surface area contributed by atoms with Gasteiger partial charge in [0.05, 0.1) is 6.04 Å². The van der Waals surface area contributed by atoms with Gasteiger partial charge >= 0.3 is 0 Å². The molecule has 1 heterocycles. The first-order chi connectivity index (χ1) is 8.20. The molecule has 1 atom stereocenters. The lowest BCUT2D eigenvalue weighted by atomic mass is 10.0. The van der Waals surface area contributed by atoms with E-state index in [-0.39, 0.29) is 6.04 Å². The molecule has 5 heteroatoms. The molecule has 0 saturated carbocycles. The second-order valence-electron chi connectivity index (χ2n) is 3.59. The van der Waals surface area contributed by atoms with Gasteiger partial charge in [-0.15, -0.1) is 0 Å². The van der Waals surface area contributed by atoms with E-state index in [0.717, 1.165) is 15.6 Å². The summed E-state index contributed by atoms with van der Waals surface area (Å²) in [5.41, 5.74) is 4.75. The first kappa shape index (κ1) is 12.5. The van der Waals surface area contributed by atoms with Gasteiger partial charge in [-0.2, -0.15) is 0 Å². The highest BCUT2D eigenvalue weighted by molar-refractivity contribution is 9.10. The van der Waals surface area contributed by atoms with Crippen molar-refractivity contribution >= 4 is 27.5 Å². The van der Waals surface area contributed by atoms with E-state index in [1.54, 1.807) is 12.4 Å². The summed E-state index contributed by atoms with van der Waals surface area (Å²) in [5.74, 6) is 5.60. The highest BCUT2D eigenvalue weighted by Crippen LogP contribution is 2.27. The van der Waals surface area contributed by atoms with E-state index in [4.69, 9.17) is 17.4 Å². The Labute approximate surface area is 113 Å². The van der Waals surface area contributed by atoms with Crippen LogP contribution in [-0.4, -0.2) is 4.98 Å². The van der Waals surface area contributed by atoms with Gasteiger partial charge in [0.25, 0.3) is 0 Å². The van der Waals surface area contributed by atoms with Crippen LogP contribution in [0.1, 0.15) is 17.2 Å². The van der Waals surface area contributed by atoms with E-state index in [1.165, 1.54) is 0 Å². The van der Waals surface area contributed by atoms with Crippen LogP contribution >= 0.6 is 27.5 Å². The molecule has 1 aromatic heterocycles. The Kier molecular flexibility index (Phi) is 4.12. The Balaban J connectivity index is 2.42. The number of rotatable bonds is 3. The zero-order chi connectivity index (χ0) is 12.3. The third-order valence-electron chi connectivity index (χ3n) is 2.40. The fourth-order valence-electron chi connectivity index (χ4n) is 1.67. The van der Waals surface area contributed by atoms with Gasteiger partial charge in [-0.05, 0) is 35.4 Å². The highest BCUT2D eigenvalue weighted by Gasteiger charge is 2.13. The number of benzene rings is 1. The lowest BCUT2D eigenvalue weighted by Crippen LogP contribution is -2.28. The fourth-order valence-corrected chi connectivity index (χ4v) is 2.56. The van der Waals surface area contributed by atoms with Crippen LogP contribution in [0.2, 0.25) is 5.02 Å². The monoisotopic (exact) mass is 311 g/mol. The molecule has 2 rings (SSSR count). The average molecular weight is 313 g/mol. The summed E-state index contributed by atoms with van der Waals surface area (Å²) in [7, 11) is 0. The first-order valence-corrected chi connectivity index (χ1v) is 6.20. The van der Waals surface area contributed by atoms with Crippen molar-refractivity contribution in [2.45, 2.75) is 6.04 Å². The molecule has 1 aromatic carbocycles. The Morgan fingerprint density at radius 1 is 1.29 bits per heavy atom. The average Bonchev–Trinajstić information content (AvgIpc) is 2.30. The molecule has 0 amide bonds. The van der Waals surface area contributed by atoms with Crippen molar-refractivity contribution in [3.8, 4) is 0 Å². The maximum absolute atomic E-state index is 6.02. The minimum Gasteiger partial charge on any atom is -0.271 e. The van der Waals surface area contributed by atoms with Gasteiger partial charge in [-0.25, -0.2) is 5.43 Å². The van der Waals surface area contributed by atoms with Gasteiger partial charge in [-0.3, -0.25) is 10.8 Å². The van der Waals surface area contributed by atoms with Crippen molar-refractivity contribution in [3.05, 3.63) is 63.3 Å². The summed E-state index contributed by atoms with van der Waals surface area (Å²) in [4.78, 5) is 4.08. The minimum atomic E-state index is -0.126. The summed E-state index contributed by atoms with van der Waals surface area (Å²) in [6.45, 7) is 0. The molecule has 0 bridgehead atoms. The lowest BCUT2D eigenvalue weighted by Gasteiger charge is -2.17. The third-order valence-corrected chi connectivity index (χ3v) is 3.08. The summed E-state index contributed by atoms with van der Waals surface area (Å²) in [6, 6.07) is 9.40. The zero-order valence-corrected chi connectivity index (χ0v) is 11.2. The Bertz CT molecular complexity index is 484. The summed E-state index contributed by atoms with van der Waals surface area (Å²) >= 11 is 9.44. The number of hydrogen-bond donors (Lipinski definition) is 2. The van der Waals surface area contributed by atoms with Gasteiger partial charge in [0.2, 0.25) is 0 Å². The second kappa shape index (κ2) is 5.60. The first-order valence-electron chi connectivity index (χ1n) is 5.03. The van der Waals surface area contributed by atoms with E-state index < -0.39 is 0 Å². The largest absolute Gasteiger partial charge is 0.271 e. The van der Waals surface area contributed by atoms with Crippen LogP contribution < -0.4 is 11.3 Å². The second-order valence-corrected chi connectivity index (χ2v) is 4.94. The number of halogens is 2. The van der Waals surface area contributed by atoms with Crippen LogP contribution in [0.4, 0.5) is 0 Å². The van der Waals surface area contributed by atoms with Crippen molar-refractivity contribution in [3.63, 3.8) is 0 Å². The van der Waals surface area contributed by atoms with Crippen LogP contribution in [0.25, 0.3) is 0 Å². The zero-order valence-electron chi connectivity index (χ0n) is 8.90. The van der Waals surface area contributed by atoms with E-state index in [0.29, 0.717) is 5.02 Å². The SMILES string of the molecule is NNC(c1cccnc1)c1cc(Cl)cc(Br)c1. The Hall–Kier alpha value is -0.940. The third kappa shape index (κ3) is 3.04. The number of hydrazine groups is 1. The fraction of sp³-hybridized carbons (Fsp3) is 0.0833. The molecule has 1 unspecified atom stereocenters. The van der Waals surface area contributed by atoms with Crippen LogP contribution in [0.5, 0.6) is 0 Å². The maximum Gasteiger partial charge on any atom is 0.0725 e. The van der Waals surface area contributed by atoms with Crippen LogP contribution in [0.3, 0.4) is 0 Å². The molecule has 0 aliphatic heterocycles. The molecule has 2 aromatic rings. The topological polar surface area (TPSA) is 50.9 Å². The minimum absolute atomic E-state index is 0.126. The maximum atomic E-state index is 6.02. The number of nitrogens with two attached hydrogens (primary N) is 1. The van der Waals surface area contributed by atoms with Gasteiger partial charge in [0, 0.05) is 21.9 Å². The van der Waals surface area contributed by atoms with E-state index in [2.05, 4.69) is 26.3 Å². The molecular formula is C12H11BrClN3. The Morgan fingerprint density at radius 2 is 2.12 bits per heavy atom. The molecule has 0 radical (unpaired) electrons. The van der Waals surface area contributed by atoms with Crippen molar-refractivity contribution < 1.29 is 0 Å². The lowest BCUT2D eigenvalue weighted by molar-refractivity contribution is 0.634. The molecule has 0 spiro atoms. The summed E-state index contributed by atoms with van der Waals surface area (Å²) < 4.78 is 0.921. The van der Waals surface area contributed by atoms with Gasteiger partial charge in [0.15, 0.2) is 0 Å². The molecule has 0 saturated heterocycles. The molecule has 17 heavy (non-hydrogen) atoms. The van der Waals surface area contributed by atoms with Crippen LogP contribution in [-0.2, 0) is 0 Å². The number of nitrogens with zero attached hydrogens (tertiary/aromatic N) is 1. The number of aromatic nitrogens is 1. The number of hydrogen-bond acceptors (Lipinski definition) is 3. The quantitative estimate of drug-likeness (QED) is 0.676. The number of pyridine rings is 1. The number of nitrogens with one attached hydrogen (secondary N) is 1. The Morgan fingerprint density at radius 3 is 2.71 bits per heavy atom. The van der Waals surface area contributed by atoms with Crippen molar-refractivity contribution in [2.24, 2.45) is 5.84 Å². The predicted molar refractivity (Wildman–Crippen MR) is 72.6 cm³/mol.